The van der Waals surface area contributed by atoms with Crippen LogP contribution in [0.2, 0.25) is 0 Å². The smallest absolute Gasteiger partial charge is 0.411 e. The van der Waals surface area contributed by atoms with Gasteiger partial charge in [-0.05, 0) is 52.8 Å². The van der Waals surface area contributed by atoms with E-state index in [2.05, 4.69) is 34.9 Å². The van der Waals surface area contributed by atoms with Crippen molar-refractivity contribution in [3.63, 3.8) is 0 Å². The Labute approximate surface area is 204 Å². The molecular weight excluding hydrogens is 444 g/mol. The molecule has 0 unspecified atom stereocenters. The molecule has 0 bridgehead atoms. The fourth-order valence-corrected chi connectivity index (χ4v) is 4.37. The van der Waals surface area contributed by atoms with Gasteiger partial charge in [0.15, 0.2) is 0 Å². The van der Waals surface area contributed by atoms with Gasteiger partial charge < -0.3 is 15.2 Å². The molecule has 180 valence electrons. The first kappa shape index (κ1) is 24.0. The number of carboxylic acid groups (broad SMARTS) is 1. The van der Waals surface area contributed by atoms with Crippen LogP contribution in [0.1, 0.15) is 41.9 Å². The normalized spacial score (nSPS) is 11.9. The molecule has 0 radical (unpaired) electrons. The maximum atomic E-state index is 12.5. The van der Waals surface area contributed by atoms with Gasteiger partial charge in [0, 0.05) is 31.0 Å². The Hall–Kier alpha value is -4.13. The number of hydrogen-bond donors (Lipinski definition) is 3. The zero-order chi connectivity index (χ0) is 24.6. The first-order valence-electron chi connectivity index (χ1n) is 11.7. The Morgan fingerprint density at radius 3 is 2.23 bits per heavy atom. The summed E-state index contributed by atoms with van der Waals surface area (Å²) in [5, 5.41) is 14.1. The molecule has 3 aromatic carbocycles. The highest BCUT2D eigenvalue weighted by molar-refractivity contribution is 5.85. The zero-order valence-corrected chi connectivity index (χ0v) is 19.3. The first-order chi connectivity index (χ1) is 17.0. The van der Waals surface area contributed by atoms with Crippen LogP contribution in [0.3, 0.4) is 0 Å². The quantitative estimate of drug-likeness (QED) is 0.362. The lowest BCUT2D eigenvalue weighted by molar-refractivity contribution is -0.137. The molecule has 0 heterocycles. The third-order valence-electron chi connectivity index (χ3n) is 6.05. The fourth-order valence-electron chi connectivity index (χ4n) is 4.37. The van der Waals surface area contributed by atoms with Crippen molar-refractivity contribution < 1.29 is 24.2 Å². The number of carbonyl (C=O) groups excluding carboxylic acids is 2. The van der Waals surface area contributed by atoms with Gasteiger partial charge in [-0.1, -0.05) is 60.7 Å². The molecule has 2 amide bonds. The lowest BCUT2D eigenvalue weighted by Gasteiger charge is -2.15. The van der Waals surface area contributed by atoms with Gasteiger partial charge in [0.1, 0.15) is 6.61 Å². The molecule has 0 aromatic heterocycles. The van der Waals surface area contributed by atoms with Gasteiger partial charge in [0.25, 0.3) is 0 Å². The van der Waals surface area contributed by atoms with E-state index in [0.29, 0.717) is 25.1 Å². The summed E-state index contributed by atoms with van der Waals surface area (Å²) in [6.07, 6.45) is 0.692. The van der Waals surface area contributed by atoms with Crippen molar-refractivity contribution in [1.82, 2.24) is 5.32 Å². The molecule has 0 spiro atoms. The van der Waals surface area contributed by atoms with E-state index < -0.39 is 12.1 Å². The van der Waals surface area contributed by atoms with E-state index in [9.17, 15) is 14.4 Å². The predicted octanol–water partition coefficient (Wildman–Crippen LogP) is 4.96. The van der Waals surface area contributed by atoms with Gasteiger partial charge in [-0.2, -0.15) is 0 Å². The average molecular weight is 473 g/mol. The number of aliphatic carboxylic acids is 1. The summed E-state index contributed by atoms with van der Waals surface area (Å²) < 4.78 is 5.60. The molecule has 7 nitrogen and oxygen atoms in total. The number of nitrogens with one attached hydrogen (secondary N) is 2. The van der Waals surface area contributed by atoms with Gasteiger partial charge >= 0.3 is 12.1 Å². The number of carboxylic acids is 1. The molecule has 7 heteroatoms. The second kappa shape index (κ2) is 11.3. The molecule has 0 fully saturated rings. The van der Waals surface area contributed by atoms with Crippen molar-refractivity contribution in [2.75, 3.05) is 18.5 Å². The van der Waals surface area contributed by atoms with Gasteiger partial charge in [-0.15, -0.1) is 0 Å². The SMILES string of the molecule is O=C(O)CCCNC(=O)CCc1cccc(NC(=O)OCC2c3ccccc3-c3ccccc32)c1. The maximum Gasteiger partial charge on any atom is 0.411 e. The van der Waals surface area contributed by atoms with Crippen LogP contribution < -0.4 is 10.6 Å². The summed E-state index contributed by atoms with van der Waals surface area (Å²) >= 11 is 0. The van der Waals surface area contributed by atoms with Crippen molar-refractivity contribution >= 4 is 23.7 Å². The summed E-state index contributed by atoms with van der Waals surface area (Å²) in [5.74, 6) is -1.02. The standard InChI is InChI=1S/C28H28N2O5/c31-26(29-16-6-13-27(32)33)15-14-19-7-5-8-20(17-19)30-28(34)35-18-25-23-11-3-1-9-21(23)22-10-2-4-12-24(22)25/h1-5,7-12,17,25H,6,13-16,18H2,(H,29,31)(H,30,34)(H,32,33). The van der Waals surface area contributed by atoms with Crippen LogP contribution in [-0.2, 0) is 20.7 Å². The van der Waals surface area contributed by atoms with Crippen molar-refractivity contribution in [1.29, 1.82) is 0 Å². The van der Waals surface area contributed by atoms with Crippen LogP contribution in [0.25, 0.3) is 11.1 Å². The van der Waals surface area contributed by atoms with E-state index in [1.807, 2.05) is 42.5 Å². The molecule has 3 aromatic rings. The largest absolute Gasteiger partial charge is 0.481 e. The molecule has 0 saturated heterocycles. The summed E-state index contributed by atoms with van der Waals surface area (Å²) in [6.45, 7) is 0.579. The van der Waals surface area contributed by atoms with E-state index in [0.717, 1.165) is 16.7 Å². The lowest BCUT2D eigenvalue weighted by Crippen LogP contribution is -2.25. The molecular formula is C28H28N2O5. The molecule has 0 saturated carbocycles. The van der Waals surface area contributed by atoms with Crippen molar-refractivity contribution in [3.8, 4) is 11.1 Å². The number of anilines is 1. The topological polar surface area (TPSA) is 105 Å². The molecule has 3 N–H and O–H groups in total. The predicted molar refractivity (Wildman–Crippen MR) is 133 cm³/mol. The molecule has 0 atom stereocenters. The third kappa shape index (κ3) is 6.26. The van der Waals surface area contributed by atoms with Crippen LogP contribution in [-0.4, -0.2) is 36.2 Å². The minimum absolute atomic E-state index is 0.00602. The van der Waals surface area contributed by atoms with Crippen LogP contribution in [0, 0.1) is 0 Å². The van der Waals surface area contributed by atoms with Crippen LogP contribution in [0.5, 0.6) is 0 Å². The van der Waals surface area contributed by atoms with E-state index in [1.165, 1.54) is 11.1 Å². The number of aryl methyl sites for hydroxylation is 1. The minimum atomic E-state index is -0.875. The Bertz CT molecular complexity index is 1180. The van der Waals surface area contributed by atoms with Gasteiger partial charge in [0.05, 0.1) is 0 Å². The Morgan fingerprint density at radius 2 is 1.54 bits per heavy atom. The van der Waals surface area contributed by atoms with Crippen LogP contribution in [0.15, 0.2) is 72.8 Å². The second-order valence-electron chi connectivity index (χ2n) is 8.50. The number of rotatable bonds is 10. The molecule has 1 aliphatic rings. The zero-order valence-electron chi connectivity index (χ0n) is 19.3. The monoisotopic (exact) mass is 472 g/mol. The first-order valence-corrected chi connectivity index (χ1v) is 11.7. The highest BCUT2D eigenvalue weighted by Crippen LogP contribution is 2.44. The Morgan fingerprint density at radius 1 is 0.857 bits per heavy atom. The van der Waals surface area contributed by atoms with Gasteiger partial charge in [-0.3, -0.25) is 14.9 Å². The third-order valence-corrected chi connectivity index (χ3v) is 6.05. The lowest BCUT2D eigenvalue weighted by atomic mass is 9.98. The van der Waals surface area contributed by atoms with Crippen LogP contribution in [0.4, 0.5) is 10.5 Å². The van der Waals surface area contributed by atoms with E-state index in [-0.39, 0.29) is 31.3 Å². The number of amides is 2. The minimum Gasteiger partial charge on any atom is -0.481 e. The molecule has 1 aliphatic carbocycles. The number of ether oxygens (including phenoxy) is 1. The maximum absolute atomic E-state index is 12.5. The Balaban J connectivity index is 1.27. The number of benzene rings is 3. The summed E-state index contributed by atoms with van der Waals surface area (Å²) in [4.78, 5) is 35.0. The highest BCUT2D eigenvalue weighted by atomic mass is 16.5. The highest BCUT2D eigenvalue weighted by Gasteiger charge is 2.29. The van der Waals surface area contributed by atoms with Crippen molar-refractivity contribution in [3.05, 3.63) is 89.5 Å². The molecule has 0 aliphatic heterocycles. The summed E-state index contributed by atoms with van der Waals surface area (Å²) in [5.41, 5.74) is 6.17. The van der Waals surface area contributed by atoms with E-state index in [1.54, 1.807) is 6.07 Å². The van der Waals surface area contributed by atoms with Crippen molar-refractivity contribution in [2.45, 2.75) is 31.6 Å². The number of fused-ring (bicyclic) bond motifs is 3. The van der Waals surface area contributed by atoms with E-state index in [4.69, 9.17) is 9.84 Å². The van der Waals surface area contributed by atoms with Crippen molar-refractivity contribution in [2.24, 2.45) is 0 Å². The molecule has 4 rings (SSSR count). The van der Waals surface area contributed by atoms with E-state index >= 15 is 0 Å². The summed E-state index contributed by atoms with van der Waals surface area (Å²) in [7, 11) is 0. The Kier molecular flexibility index (Phi) is 7.77. The second-order valence-corrected chi connectivity index (χ2v) is 8.50. The average Bonchev–Trinajstić information content (AvgIpc) is 3.18. The fraction of sp³-hybridized carbons (Fsp3) is 0.250. The van der Waals surface area contributed by atoms with Crippen LogP contribution >= 0.6 is 0 Å². The summed E-state index contributed by atoms with van der Waals surface area (Å²) in [6, 6.07) is 23.7. The number of hydrogen-bond acceptors (Lipinski definition) is 4. The van der Waals surface area contributed by atoms with Gasteiger partial charge in [-0.25, -0.2) is 4.79 Å². The van der Waals surface area contributed by atoms with Gasteiger partial charge in [0.2, 0.25) is 5.91 Å². The molecule has 35 heavy (non-hydrogen) atoms. The number of carbonyl (C=O) groups is 3.